The van der Waals surface area contributed by atoms with Crippen LogP contribution >= 0.6 is 0 Å². The summed E-state index contributed by atoms with van der Waals surface area (Å²) in [5.74, 6) is -0.202. The number of halogens is 6. The molecular formula is C20H17F6N3O. The normalized spacial score (nSPS) is 20.2. The van der Waals surface area contributed by atoms with Crippen LogP contribution in [-0.2, 0) is 23.7 Å². The first-order valence-corrected chi connectivity index (χ1v) is 9.21. The van der Waals surface area contributed by atoms with Gasteiger partial charge in [0.25, 0.3) is 0 Å². The van der Waals surface area contributed by atoms with E-state index in [0.29, 0.717) is 49.6 Å². The van der Waals surface area contributed by atoms with Crippen LogP contribution in [0, 0.1) is 0 Å². The van der Waals surface area contributed by atoms with Crippen molar-refractivity contribution in [1.29, 1.82) is 0 Å². The fraction of sp³-hybridized carbons (Fsp3) is 0.350. The molecular weight excluding hydrogens is 412 g/mol. The zero-order valence-corrected chi connectivity index (χ0v) is 15.5. The molecule has 1 saturated heterocycles. The van der Waals surface area contributed by atoms with Crippen molar-refractivity contribution in [3.8, 4) is 11.1 Å². The minimum atomic E-state index is -4.91. The summed E-state index contributed by atoms with van der Waals surface area (Å²) in [5.41, 5.74) is -1.56. The highest BCUT2D eigenvalue weighted by atomic mass is 19.4. The first-order valence-electron chi connectivity index (χ1n) is 9.21. The van der Waals surface area contributed by atoms with Crippen molar-refractivity contribution < 1.29 is 31.1 Å². The number of piperazine rings is 1. The summed E-state index contributed by atoms with van der Waals surface area (Å²) in [5, 5.41) is 5.92. The lowest BCUT2D eigenvalue weighted by atomic mass is 9.97. The van der Waals surface area contributed by atoms with Crippen molar-refractivity contribution in [3.63, 3.8) is 0 Å². The fourth-order valence-corrected chi connectivity index (χ4v) is 3.78. The third-order valence-corrected chi connectivity index (χ3v) is 5.31. The molecule has 0 aliphatic carbocycles. The predicted octanol–water partition coefficient (Wildman–Crippen LogP) is 4.12. The van der Waals surface area contributed by atoms with Gasteiger partial charge in [-0.3, -0.25) is 9.69 Å². The second kappa shape index (κ2) is 7.28. The van der Waals surface area contributed by atoms with Crippen LogP contribution in [0.2, 0.25) is 0 Å². The Kier molecular flexibility index (Phi) is 5.01. The van der Waals surface area contributed by atoms with Gasteiger partial charge in [-0.25, -0.2) is 0 Å². The number of nitrogens with one attached hydrogen (secondary N) is 2. The van der Waals surface area contributed by atoms with Gasteiger partial charge in [-0.2, -0.15) is 26.3 Å². The van der Waals surface area contributed by atoms with E-state index >= 15 is 0 Å². The van der Waals surface area contributed by atoms with E-state index < -0.39 is 23.5 Å². The Hall–Kier alpha value is -2.59. The topological polar surface area (TPSA) is 44.4 Å². The lowest BCUT2D eigenvalue weighted by Crippen LogP contribution is -2.54. The van der Waals surface area contributed by atoms with E-state index in [2.05, 4.69) is 10.6 Å². The second-order valence-corrected chi connectivity index (χ2v) is 7.35. The zero-order valence-electron chi connectivity index (χ0n) is 15.5. The number of carbonyl (C=O) groups excluding carboxylic acids is 1. The lowest BCUT2D eigenvalue weighted by Gasteiger charge is -2.32. The number of rotatable bonds is 1. The van der Waals surface area contributed by atoms with Gasteiger partial charge in [0.2, 0.25) is 5.91 Å². The van der Waals surface area contributed by atoms with Crippen molar-refractivity contribution in [2.24, 2.45) is 0 Å². The summed E-state index contributed by atoms with van der Waals surface area (Å²) in [6.45, 7) is 2.11. The fourth-order valence-electron chi connectivity index (χ4n) is 3.78. The number of benzene rings is 2. The minimum Gasteiger partial charge on any atom is -0.324 e. The predicted molar refractivity (Wildman–Crippen MR) is 97.6 cm³/mol. The number of anilines is 1. The van der Waals surface area contributed by atoms with Crippen LogP contribution in [0.5, 0.6) is 0 Å². The molecule has 0 bridgehead atoms. The van der Waals surface area contributed by atoms with Crippen molar-refractivity contribution >= 4 is 11.6 Å². The van der Waals surface area contributed by atoms with Gasteiger partial charge >= 0.3 is 12.4 Å². The molecule has 0 saturated carbocycles. The number of hydrogen-bond acceptors (Lipinski definition) is 3. The van der Waals surface area contributed by atoms with E-state index in [-0.39, 0.29) is 29.1 Å². The summed E-state index contributed by atoms with van der Waals surface area (Å²) >= 11 is 0. The van der Waals surface area contributed by atoms with Gasteiger partial charge < -0.3 is 10.6 Å². The van der Waals surface area contributed by atoms with Crippen LogP contribution in [0.3, 0.4) is 0 Å². The molecule has 0 unspecified atom stereocenters. The Bertz CT molecular complexity index is 953. The quantitative estimate of drug-likeness (QED) is 0.671. The van der Waals surface area contributed by atoms with Crippen LogP contribution in [0.15, 0.2) is 36.4 Å². The molecule has 2 aromatic carbocycles. The van der Waals surface area contributed by atoms with Crippen molar-refractivity contribution in [1.82, 2.24) is 10.2 Å². The molecule has 2 heterocycles. The Morgan fingerprint density at radius 1 is 0.900 bits per heavy atom. The summed E-state index contributed by atoms with van der Waals surface area (Å²) < 4.78 is 79.1. The summed E-state index contributed by atoms with van der Waals surface area (Å²) in [4.78, 5) is 14.4. The molecule has 2 N–H and O–H groups in total. The molecule has 0 spiro atoms. The average molecular weight is 429 g/mol. The molecule has 30 heavy (non-hydrogen) atoms. The van der Waals surface area contributed by atoms with Gasteiger partial charge in [0.15, 0.2) is 0 Å². The van der Waals surface area contributed by atoms with Crippen molar-refractivity contribution in [2.75, 3.05) is 25.0 Å². The van der Waals surface area contributed by atoms with Gasteiger partial charge in [-0.15, -0.1) is 0 Å². The van der Waals surface area contributed by atoms with Crippen LogP contribution in [0.25, 0.3) is 11.1 Å². The molecule has 1 fully saturated rings. The van der Waals surface area contributed by atoms with Gasteiger partial charge in [0, 0.05) is 31.9 Å². The molecule has 4 rings (SSSR count). The standard InChI is InChI=1S/C20H17F6N3O/c21-19(22,23)14-6-12(7-15(8-14)20(24,25)26)11-1-2-16-13(5-11)10-29-4-3-27-9-17(29)18(30)28-16/h1-2,5-8,17,27H,3-4,9-10H2,(H,28,30)/t17-/m0/s1. The second-order valence-electron chi connectivity index (χ2n) is 7.35. The summed E-state index contributed by atoms with van der Waals surface area (Å²) in [6.07, 6.45) is -9.83. The van der Waals surface area contributed by atoms with Gasteiger partial charge in [0.05, 0.1) is 11.1 Å². The maximum atomic E-state index is 13.2. The first kappa shape index (κ1) is 20.7. The smallest absolute Gasteiger partial charge is 0.324 e. The Morgan fingerprint density at radius 2 is 1.57 bits per heavy atom. The van der Waals surface area contributed by atoms with Gasteiger partial charge in [-0.1, -0.05) is 6.07 Å². The van der Waals surface area contributed by atoms with Crippen LogP contribution in [-0.4, -0.2) is 36.5 Å². The molecule has 0 aromatic heterocycles. The zero-order chi connectivity index (χ0) is 21.7. The number of alkyl halides is 6. The van der Waals surface area contributed by atoms with E-state index in [1.807, 2.05) is 4.90 Å². The van der Waals surface area contributed by atoms with E-state index in [4.69, 9.17) is 0 Å². The monoisotopic (exact) mass is 429 g/mol. The molecule has 10 heteroatoms. The Balaban J connectivity index is 1.78. The summed E-state index contributed by atoms with van der Waals surface area (Å²) in [6, 6.07) is 5.60. The first-order chi connectivity index (χ1) is 14.0. The van der Waals surface area contributed by atoms with E-state index in [0.717, 1.165) is 0 Å². The molecule has 2 aromatic rings. The molecule has 4 nitrogen and oxygen atoms in total. The van der Waals surface area contributed by atoms with E-state index in [1.165, 1.54) is 18.2 Å². The lowest BCUT2D eigenvalue weighted by molar-refractivity contribution is -0.143. The van der Waals surface area contributed by atoms with E-state index in [1.54, 1.807) is 0 Å². The van der Waals surface area contributed by atoms with E-state index in [9.17, 15) is 31.1 Å². The maximum absolute atomic E-state index is 13.2. The van der Waals surface area contributed by atoms with Crippen LogP contribution in [0.1, 0.15) is 16.7 Å². The minimum absolute atomic E-state index is 0.110. The molecule has 1 amide bonds. The number of hydrogen-bond donors (Lipinski definition) is 2. The Labute approximate surface area is 167 Å². The molecule has 0 radical (unpaired) electrons. The van der Waals surface area contributed by atoms with Crippen molar-refractivity contribution in [3.05, 3.63) is 53.1 Å². The molecule has 160 valence electrons. The third-order valence-electron chi connectivity index (χ3n) is 5.31. The van der Waals surface area contributed by atoms with Crippen LogP contribution < -0.4 is 10.6 Å². The number of amides is 1. The number of carbonyl (C=O) groups is 1. The van der Waals surface area contributed by atoms with Gasteiger partial charge in [0.1, 0.15) is 6.04 Å². The maximum Gasteiger partial charge on any atom is 0.416 e. The highest BCUT2D eigenvalue weighted by Crippen LogP contribution is 2.39. The average Bonchev–Trinajstić information content (AvgIpc) is 2.81. The van der Waals surface area contributed by atoms with Crippen molar-refractivity contribution in [2.45, 2.75) is 24.9 Å². The molecule has 2 aliphatic heterocycles. The highest BCUT2D eigenvalue weighted by Gasteiger charge is 2.37. The Morgan fingerprint density at radius 3 is 2.20 bits per heavy atom. The number of fused-ring (bicyclic) bond motifs is 2. The third kappa shape index (κ3) is 4.01. The molecule has 2 aliphatic rings. The van der Waals surface area contributed by atoms with Gasteiger partial charge in [-0.05, 0) is 47.0 Å². The highest BCUT2D eigenvalue weighted by molar-refractivity contribution is 5.96. The SMILES string of the molecule is O=C1Nc2ccc(-c3cc(C(F)(F)F)cc(C(F)(F)F)c3)cc2CN2CCNC[C@@H]12. The number of nitrogens with zero attached hydrogens (tertiary/aromatic N) is 1. The molecule has 1 atom stereocenters. The largest absolute Gasteiger partial charge is 0.416 e. The summed E-state index contributed by atoms with van der Waals surface area (Å²) in [7, 11) is 0. The van der Waals surface area contributed by atoms with Crippen LogP contribution in [0.4, 0.5) is 32.0 Å².